The SMILES string of the molecule is O=C(C1CCN(Cc2nc3ccccc3n2-c2ccc(Br)cc2)CC1)N1CCOCC1. The van der Waals surface area contributed by atoms with Gasteiger partial charge in [0.25, 0.3) is 0 Å². The molecule has 0 N–H and O–H groups in total. The summed E-state index contributed by atoms with van der Waals surface area (Å²) in [5.41, 5.74) is 3.25. The minimum Gasteiger partial charge on any atom is -0.378 e. The monoisotopic (exact) mass is 482 g/mol. The Morgan fingerprint density at radius 3 is 2.45 bits per heavy atom. The number of ether oxygens (including phenoxy) is 1. The number of benzene rings is 2. The molecule has 0 bridgehead atoms. The quantitative estimate of drug-likeness (QED) is 0.566. The van der Waals surface area contributed by atoms with Crippen LogP contribution in [0.2, 0.25) is 0 Å². The van der Waals surface area contributed by atoms with Crippen molar-refractivity contribution in [2.75, 3.05) is 39.4 Å². The van der Waals surface area contributed by atoms with Gasteiger partial charge >= 0.3 is 0 Å². The molecule has 0 saturated carbocycles. The Morgan fingerprint density at radius 2 is 1.71 bits per heavy atom. The Labute approximate surface area is 190 Å². The van der Waals surface area contributed by atoms with E-state index in [4.69, 9.17) is 9.72 Å². The first-order chi connectivity index (χ1) is 15.2. The van der Waals surface area contributed by atoms with E-state index >= 15 is 0 Å². The van der Waals surface area contributed by atoms with E-state index in [-0.39, 0.29) is 5.92 Å². The summed E-state index contributed by atoms with van der Waals surface area (Å²) in [6.45, 7) is 5.41. The molecule has 7 heteroatoms. The van der Waals surface area contributed by atoms with Gasteiger partial charge in [0, 0.05) is 29.2 Å². The fourth-order valence-corrected chi connectivity index (χ4v) is 4.90. The first-order valence-electron chi connectivity index (χ1n) is 11.0. The van der Waals surface area contributed by atoms with Gasteiger partial charge in [0.1, 0.15) is 5.82 Å². The van der Waals surface area contributed by atoms with Gasteiger partial charge in [-0.15, -0.1) is 0 Å². The summed E-state index contributed by atoms with van der Waals surface area (Å²) in [7, 11) is 0. The van der Waals surface area contributed by atoms with E-state index in [0.29, 0.717) is 19.1 Å². The number of hydrogen-bond acceptors (Lipinski definition) is 4. The number of amides is 1. The summed E-state index contributed by atoms with van der Waals surface area (Å²) in [4.78, 5) is 22.2. The van der Waals surface area contributed by atoms with Crippen molar-refractivity contribution in [1.82, 2.24) is 19.4 Å². The number of likely N-dealkylation sites (tertiary alicyclic amines) is 1. The lowest BCUT2D eigenvalue weighted by atomic mass is 9.95. The molecule has 2 saturated heterocycles. The number of aromatic nitrogens is 2. The van der Waals surface area contributed by atoms with Crippen molar-refractivity contribution >= 4 is 32.9 Å². The number of piperidine rings is 1. The Morgan fingerprint density at radius 1 is 1.00 bits per heavy atom. The van der Waals surface area contributed by atoms with Gasteiger partial charge in [-0.1, -0.05) is 28.1 Å². The molecule has 0 unspecified atom stereocenters. The molecule has 0 radical (unpaired) electrons. The Hall–Kier alpha value is -2.22. The zero-order chi connectivity index (χ0) is 21.2. The van der Waals surface area contributed by atoms with Crippen molar-refractivity contribution in [1.29, 1.82) is 0 Å². The van der Waals surface area contributed by atoms with Gasteiger partial charge in [-0.2, -0.15) is 0 Å². The lowest BCUT2D eigenvalue weighted by Crippen LogP contribution is -2.46. The van der Waals surface area contributed by atoms with Gasteiger partial charge in [-0.25, -0.2) is 4.98 Å². The van der Waals surface area contributed by atoms with Crippen molar-refractivity contribution in [3.8, 4) is 5.69 Å². The summed E-state index contributed by atoms with van der Waals surface area (Å²) < 4.78 is 8.71. The molecule has 2 fully saturated rings. The first kappa shape index (κ1) is 20.7. The zero-order valence-electron chi connectivity index (χ0n) is 17.5. The van der Waals surface area contributed by atoms with Crippen molar-refractivity contribution in [2.24, 2.45) is 5.92 Å². The molecule has 2 aliphatic rings. The molecule has 5 rings (SSSR count). The number of nitrogens with zero attached hydrogens (tertiary/aromatic N) is 4. The van der Waals surface area contributed by atoms with Crippen LogP contribution in [0.25, 0.3) is 16.7 Å². The molecule has 3 heterocycles. The van der Waals surface area contributed by atoms with E-state index in [2.05, 4.69) is 67.9 Å². The topological polar surface area (TPSA) is 50.6 Å². The molecule has 2 aromatic carbocycles. The number of para-hydroxylation sites is 2. The molecule has 0 aliphatic carbocycles. The molecule has 0 spiro atoms. The van der Waals surface area contributed by atoms with Crippen LogP contribution in [-0.2, 0) is 16.1 Å². The number of hydrogen-bond donors (Lipinski definition) is 0. The number of halogens is 1. The number of carbonyl (C=O) groups excluding carboxylic acids is 1. The van der Waals surface area contributed by atoms with Crippen LogP contribution in [0.5, 0.6) is 0 Å². The third-order valence-electron chi connectivity index (χ3n) is 6.34. The van der Waals surface area contributed by atoms with Crippen molar-refractivity contribution in [2.45, 2.75) is 19.4 Å². The van der Waals surface area contributed by atoms with E-state index in [0.717, 1.165) is 72.6 Å². The molecule has 3 aromatic rings. The summed E-state index contributed by atoms with van der Waals surface area (Å²) >= 11 is 3.53. The molecule has 2 aliphatic heterocycles. The summed E-state index contributed by atoms with van der Waals surface area (Å²) in [6.07, 6.45) is 1.82. The minimum absolute atomic E-state index is 0.139. The average Bonchev–Trinajstić information content (AvgIpc) is 3.18. The highest BCUT2D eigenvalue weighted by molar-refractivity contribution is 9.10. The van der Waals surface area contributed by atoms with E-state index in [1.165, 1.54) is 0 Å². The number of imidazole rings is 1. The van der Waals surface area contributed by atoms with Gasteiger partial charge in [0.15, 0.2) is 0 Å². The van der Waals surface area contributed by atoms with E-state index in [1.54, 1.807) is 0 Å². The fraction of sp³-hybridized carbons (Fsp3) is 0.417. The average molecular weight is 483 g/mol. The molecule has 0 atom stereocenters. The third kappa shape index (κ3) is 4.40. The van der Waals surface area contributed by atoms with Crippen LogP contribution in [0.1, 0.15) is 18.7 Å². The van der Waals surface area contributed by atoms with Crippen LogP contribution in [-0.4, -0.2) is 64.7 Å². The summed E-state index contributed by atoms with van der Waals surface area (Å²) in [6, 6.07) is 16.7. The normalized spacial score (nSPS) is 18.5. The van der Waals surface area contributed by atoms with Crippen molar-refractivity contribution in [3.05, 3.63) is 58.8 Å². The second-order valence-corrected chi connectivity index (χ2v) is 9.23. The molecule has 31 heavy (non-hydrogen) atoms. The maximum absolute atomic E-state index is 12.8. The Balaban J connectivity index is 1.32. The number of carbonyl (C=O) groups is 1. The Kier molecular flexibility index (Phi) is 6.07. The third-order valence-corrected chi connectivity index (χ3v) is 6.87. The summed E-state index contributed by atoms with van der Waals surface area (Å²) in [5, 5.41) is 0. The highest BCUT2D eigenvalue weighted by atomic mass is 79.9. The highest BCUT2D eigenvalue weighted by Gasteiger charge is 2.30. The van der Waals surface area contributed by atoms with Crippen LogP contribution in [0, 0.1) is 5.92 Å². The van der Waals surface area contributed by atoms with Crippen molar-refractivity contribution in [3.63, 3.8) is 0 Å². The maximum Gasteiger partial charge on any atom is 0.225 e. The first-order valence-corrected chi connectivity index (χ1v) is 11.8. The second kappa shape index (κ2) is 9.10. The van der Waals surface area contributed by atoms with Crippen LogP contribution in [0.4, 0.5) is 0 Å². The van der Waals surface area contributed by atoms with Gasteiger partial charge in [-0.05, 0) is 62.3 Å². The van der Waals surface area contributed by atoms with E-state index in [1.807, 2.05) is 11.0 Å². The second-order valence-electron chi connectivity index (χ2n) is 8.32. The zero-order valence-corrected chi connectivity index (χ0v) is 19.1. The number of rotatable bonds is 4. The van der Waals surface area contributed by atoms with Gasteiger partial charge < -0.3 is 9.64 Å². The lowest BCUT2D eigenvalue weighted by Gasteiger charge is -2.35. The summed E-state index contributed by atoms with van der Waals surface area (Å²) in [5.74, 6) is 1.49. The van der Waals surface area contributed by atoms with Crippen molar-refractivity contribution < 1.29 is 9.53 Å². The molecule has 162 valence electrons. The van der Waals surface area contributed by atoms with Crippen LogP contribution < -0.4 is 0 Å². The van der Waals surface area contributed by atoms with Gasteiger partial charge in [-0.3, -0.25) is 14.3 Å². The van der Waals surface area contributed by atoms with E-state index < -0.39 is 0 Å². The molecular weight excluding hydrogens is 456 g/mol. The smallest absolute Gasteiger partial charge is 0.225 e. The molecule has 6 nitrogen and oxygen atoms in total. The highest BCUT2D eigenvalue weighted by Crippen LogP contribution is 2.26. The predicted octanol–water partition coefficient (Wildman–Crippen LogP) is 3.86. The lowest BCUT2D eigenvalue weighted by molar-refractivity contribution is -0.141. The van der Waals surface area contributed by atoms with E-state index in [9.17, 15) is 4.79 Å². The largest absolute Gasteiger partial charge is 0.378 e. The molecule has 1 aromatic heterocycles. The molecule has 1 amide bonds. The van der Waals surface area contributed by atoms with Gasteiger partial charge in [0.2, 0.25) is 5.91 Å². The fourth-order valence-electron chi connectivity index (χ4n) is 4.64. The molecular formula is C24H27BrN4O2. The minimum atomic E-state index is 0.139. The van der Waals surface area contributed by atoms with Crippen LogP contribution >= 0.6 is 15.9 Å². The maximum atomic E-state index is 12.8. The Bertz CT molecular complexity index is 1050. The predicted molar refractivity (Wildman–Crippen MR) is 124 cm³/mol. The van der Waals surface area contributed by atoms with Gasteiger partial charge in [0.05, 0.1) is 30.8 Å². The van der Waals surface area contributed by atoms with Crippen LogP contribution in [0.15, 0.2) is 53.0 Å². The number of fused-ring (bicyclic) bond motifs is 1. The number of morpholine rings is 1. The standard InChI is InChI=1S/C24H27BrN4O2/c25-19-5-7-20(8-6-19)29-22-4-2-1-3-21(22)26-23(29)17-27-11-9-18(10-12-27)24(30)28-13-15-31-16-14-28/h1-8,18H,9-17H2. The van der Waals surface area contributed by atoms with Crippen LogP contribution in [0.3, 0.4) is 0 Å².